The molecule has 1 aliphatic rings. The molecule has 0 spiro atoms. The van der Waals surface area contributed by atoms with Crippen LogP contribution in [0, 0.1) is 0 Å². The summed E-state index contributed by atoms with van der Waals surface area (Å²) in [6.07, 6.45) is 6.93. The van der Waals surface area contributed by atoms with Crippen molar-refractivity contribution < 1.29 is 19.7 Å². The Kier molecular flexibility index (Phi) is 5.33. The van der Waals surface area contributed by atoms with E-state index in [9.17, 15) is 10.2 Å². The summed E-state index contributed by atoms with van der Waals surface area (Å²) < 4.78 is 10.3. The lowest BCUT2D eigenvalue weighted by Crippen LogP contribution is -2.20. The van der Waals surface area contributed by atoms with Crippen LogP contribution in [0.4, 0.5) is 0 Å². The minimum absolute atomic E-state index is 0.121. The van der Waals surface area contributed by atoms with Crippen molar-refractivity contribution in [3.05, 3.63) is 65.8 Å². The summed E-state index contributed by atoms with van der Waals surface area (Å²) in [6.45, 7) is 0. The lowest BCUT2D eigenvalue weighted by molar-refractivity contribution is 0.0432. The fourth-order valence-electron chi connectivity index (χ4n) is 2.12. The number of rotatable bonds is 5. The molecule has 0 aliphatic heterocycles. The van der Waals surface area contributed by atoms with Crippen molar-refractivity contribution >= 4 is 0 Å². The molecule has 0 fully saturated rings. The van der Waals surface area contributed by atoms with Gasteiger partial charge >= 0.3 is 0 Å². The molecule has 2 rings (SSSR count). The molecule has 0 heterocycles. The number of methoxy groups -OCH3 is 2. The van der Waals surface area contributed by atoms with Gasteiger partial charge in [0.15, 0.2) is 0 Å². The highest BCUT2D eigenvalue weighted by Crippen LogP contribution is 2.25. The molecule has 0 saturated carbocycles. The van der Waals surface area contributed by atoms with E-state index in [2.05, 4.69) is 0 Å². The monoisotopic (exact) mass is 288 g/mol. The Morgan fingerprint density at radius 3 is 2.33 bits per heavy atom. The third-order valence-electron chi connectivity index (χ3n) is 3.44. The molecule has 2 N–H and O–H groups in total. The molecule has 1 aliphatic carbocycles. The summed E-state index contributed by atoms with van der Waals surface area (Å²) in [7, 11) is 3.20. The maximum absolute atomic E-state index is 10.3. The van der Waals surface area contributed by atoms with E-state index >= 15 is 0 Å². The van der Waals surface area contributed by atoms with Crippen LogP contribution >= 0.6 is 0 Å². The van der Waals surface area contributed by atoms with Crippen molar-refractivity contribution in [1.29, 1.82) is 0 Å². The molecular formula is C17H20O4. The predicted octanol–water partition coefficient (Wildman–Crippen LogP) is 2.16. The largest absolute Gasteiger partial charge is 0.497 e. The summed E-state index contributed by atoms with van der Waals surface area (Å²) in [6, 6.07) is 6.98. The zero-order valence-electron chi connectivity index (χ0n) is 12.1. The molecule has 112 valence electrons. The third-order valence-corrected chi connectivity index (χ3v) is 3.44. The van der Waals surface area contributed by atoms with Gasteiger partial charge in [-0.3, -0.25) is 0 Å². The van der Waals surface area contributed by atoms with E-state index in [0.29, 0.717) is 16.9 Å². The van der Waals surface area contributed by atoms with Gasteiger partial charge in [-0.2, -0.15) is 0 Å². The van der Waals surface area contributed by atoms with Gasteiger partial charge in [-0.15, -0.1) is 0 Å². The highest BCUT2D eigenvalue weighted by atomic mass is 16.5. The lowest BCUT2D eigenvalue weighted by Gasteiger charge is -2.19. The number of aliphatic hydroxyl groups is 2. The highest BCUT2D eigenvalue weighted by Gasteiger charge is 2.21. The van der Waals surface area contributed by atoms with Crippen LogP contribution in [-0.2, 0) is 4.74 Å². The normalized spacial score (nSPS) is 20.6. The van der Waals surface area contributed by atoms with Crippen molar-refractivity contribution in [3.8, 4) is 5.75 Å². The first-order valence-electron chi connectivity index (χ1n) is 6.75. The number of aliphatic hydroxyl groups excluding tert-OH is 2. The number of hydrogen-bond acceptors (Lipinski definition) is 4. The lowest BCUT2D eigenvalue weighted by atomic mass is 9.97. The molecule has 0 bridgehead atoms. The minimum atomic E-state index is -1.00. The summed E-state index contributed by atoms with van der Waals surface area (Å²) in [5, 5.41) is 20.6. The number of hydrogen-bond donors (Lipinski definition) is 2. The molecule has 3 unspecified atom stereocenters. The Hall–Kier alpha value is -1.88. The fourth-order valence-corrected chi connectivity index (χ4v) is 2.12. The molecule has 3 atom stereocenters. The molecule has 0 aromatic heterocycles. The van der Waals surface area contributed by atoms with Gasteiger partial charge in [-0.25, -0.2) is 0 Å². The Morgan fingerprint density at radius 1 is 1.00 bits per heavy atom. The second kappa shape index (κ2) is 7.22. The third kappa shape index (κ3) is 3.82. The predicted molar refractivity (Wildman–Crippen MR) is 81.1 cm³/mol. The SMILES string of the molecule is COc1ccc(C(O)C(O)C2=CC=CC(OC)C=C2)cc1. The first-order chi connectivity index (χ1) is 10.2. The number of ether oxygens (including phenoxy) is 2. The Morgan fingerprint density at radius 2 is 1.71 bits per heavy atom. The molecule has 1 aromatic rings. The second-order valence-electron chi connectivity index (χ2n) is 4.77. The van der Waals surface area contributed by atoms with Crippen molar-refractivity contribution in [2.24, 2.45) is 0 Å². The van der Waals surface area contributed by atoms with Crippen LogP contribution in [0.1, 0.15) is 11.7 Å². The van der Waals surface area contributed by atoms with Gasteiger partial charge in [0, 0.05) is 7.11 Å². The molecule has 4 heteroatoms. The first kappa shape index (κ1) is 15.5. The van der Waals surface area contributed by atoms with Gasteiger partial charge in [-0.05, 0) is 23.3 Å². The van der Waals surface area contributed by atoms with Crippen LogP contribution in [0.3, 0.4) is 0 Å². The Balaban J connectivity index is 2.13. The summed E-state index contributed by atoms with van der Waals surface area (Å²) in [4.78, 5) is 0. The van der Waals surface area contributed by atoms with E-state index in [1.807, 2.05) is 18.2 Å². The summed E-state index contributed by atoms with van der Waals surface area (Å²) in [5.74, 6) is 0.708. The quantitative estimate of drug-likeness (QED) is 0.871. The molecule has 4 nitrogen and oxygen atoms in total. The van der Waals surface area contributed by atoms with Gasteiger partial charge in [0.25, 0.3) is 0 Å². The van der Waals surface area contributed by atoms with Gasteiger partial charge < -0.3 is 19.7 Å². The average molecular weight is 288 g/mol. The van der Waals surface area contributed by atoms with Crippen molar-refractivity contribution in [2.75, 3.05) is 14.2 Å². The zero-order chi connectivity index (χ0) is 15.2. The standard InChI is InChI=1S/C17H20O4/c1-20-14-5-3-4-12(6-9-14)16(18)17(19)13-7-10-15(21-2)11-8-13/h3-11,14,16-19H,1-2H3. The fraction of sp³-hybridized carbons (Fsp3) is 0.294. The molecule has 0 saturated heterocycles. The maximum atomic E-state index is 10.3. The molecule has 0 radical (unpaired) electrons. The van der Waals surface area contributed by atoms with Gasteiger partial charge in [-0.1, -0.05) is 42.5 Å². The minimum Gasteiger partial charge on any atom is -0.497 e. The average Bonchev–Trinajstić information content (AvgIpc) is 2.79. The first-order valence-corrected chi connectivity index (χ1v) is 6.75. The molecule has 21 heavy (non-hydrogen) atoms. The van der Waals surface area contributed by atoms with Crippen molar-refractivity contribution in [3.63, 3.8) is 0 Å². The molecular weight excluding hydrogens is 268 g/mol. The van der Waals surface area contributed by atoms with E-state index in [-0.39, 0.29) is 6.10 Å². The van der Waals surface area contributed by atoms with E-state index in [1.165, 1.54) is 0 Å². The van der Waals surface area contributed by atoms with Crippen LogP contribution in [0.2, 0.25) is 0 Å². The Labute approximate surface area is 124 Å². The topological polar surface area (TPSA) is 58.9 Å². The van der Waals surface area contributed by atoms with Gasteiger partial charge in [0.05, 0.1) is 13.2 Å². The van der Waals surface area contributed by atoms with Crippen LogP contribution in [-0.4, -0.2) is 36.6 Å². The van der Waals surface area contributed by atoms with E-state index < -0.39 is 12.2 Å². The smallest absolute Gasteiger partial charge is 0.118 e. The number of benzene rings is 1. The van der Waals surface area contributed by atoms with Gasteiger partial charge in [0.2, 0.25) is 0 Å². The summed E-state index contributed by atoms with van der Waals surface area (Å²) in [5.41, 5.74) is 1.27. The summed E-state index contributed by atoms with van der Waals surface area (Å²) >= 11 is 0. The maximum Gasteiger partial charge on any atom is 0.118 e. The van der Waals surface area contributed by atoms with E-state index in [4.69, 9.17) is 9.47 Å². The van der Waals surface area contributed by atoms with Crippen LogP contribution < -0.4 is 4.74 Å². The molecule has 0 amide bonds. The second-order valence-corrected chi connectivity index (χ2v) is 4.77. The van der Waals surface area contributed by atoms with Crippen LogP contribution in [0.25, 0.3) is 0 Å². The Bertz CT molecular complexity index is 542. The van der Waals surface area contributed by atoms with Crippen molar-refractivity contribution in [2.45, 2.75) is 18.3 Å². The van der Waals surface area contributed by atoms with E-state index in [0.717, 1.165) is 0 Å². The zero-order valence-corrected chi connectivity index (χ0v) is 12.1. The number of allylic oxidation sites excluding steroid dienone is 2. The molecule has 1 aromatic carbocycles. The van der Waals surface area contributed by atoms with Crippen molar-refractivity contribution in [1.82, 2.24) is 0 Å². The van der Waals surface area contributed by atoms with Crippen LogP contribution in [0.15, 0.2) is 60.2 Å². The highest BCUT2D eigenvalue weighted by molar-refractivity contribution is 5.36. The van der Waals surface area contributed by atoms with Gasteiger partial charge in [0.1, 0.15) is 18.0 Å². The van der Waals surface area contributed by atoms with Crippen LogP contribution in [0.5, 0.6) is 5.75 Å². The van der Waals surface area contributed by atoms with E-state index in [1.54, 1.807) is 50.6 Å².